The van der Waals surface area contributed by atoms with Crippen LogP contribution in [-0.4, -0.2) is 38.5 Å². The average Bonchev–Trinajstić information content (AvgIpc) is 3.64. The van der Waals surface area contributed by atoms with Gasteiger partial charge in [0.15, 0.2) is 0 Å². The summed E-state index contributed by atoms with van der Waals surface area (Å²) in [6.45, 7) is 6.48. The van der Waals surface area contributed by atoms with E-state index in [-0.39, 0.29) is 34.6 Å². The molecule has 0 radical (unpaired) electrons. The van der Waals surface area contributed by atoms with Gasteiger partial charge in [-0.2, -0.15) is 0 Å². The van der Waals surface area contributed by atoms with E-state index in [2.05, 4.69) is 5.32 Å². The number of ketones is 1. The van der Waals surface area contributed by atoms with Crippen LogP contribution in [0.1, 0.15) is 115 Å². The molecule has 6 rings (SSSR count). The van der Waals surface area contributed by atoms with Crippen molar-refractivity contribution in [3.05, 3.63) is 53.3 Å². The lowest BCUT2D eigenvalue weighted by Gasteiger charge is -2.38. The number of halogens is 1. The molecule has 0 aromatic heterocycles. The fourth-order valence-corrected chi connectivity index (χ4v) is 7.86. The van der Waals surface area contributed by atoms with Crippen molar-refractivity contribution in [2.45, 2.75) is 127 Å². The molecule has 4 aliphatic rings. The first-order chi connectivity index (χ1) is 20.7. The van der Waals surface area contributed by atoms with E-state index in [1.165, 1.54) is 38.2 Å². The zero-order valence-electron chi connectivity index (χ0n) is 26.1. The van der Waals surface area contributed by atoms with Crippen LogP contribution in [-0.2, 0) is 26.8 Å². The van der Waals surface area contributed by atoms with Gasteiger partial charge in [-0.3, -0.25) is 13.8 Å². The van der Waals surface area contributed by atoms with Gasteiger partial charge >= 0.3 is 0 Å². The largest absolute Gasteiger partial charge is 0.490 e. The minimum absolute atomic E-state index is 0.107. The normalized spacial score (nSPS) is 22.0. The molecule has 0 bridgehead atoms. The predicted octanol–water partition coefficient (Wildman–Crippen LogP) is 7.81. The summed E-state index contributed by atoms with van der Waals surface area (Å²) in [6, 6.07) is 11.0. The van der Waals surface area contributed by atoms with Crippen LogP contribution < -0.4 is 10.1 Å². The van der Waals surface area contributed by atoms with Crippen molar-refractivity contribution in [1.82, 2.24) is 5.32 Å². The second kappa shape index (κ2) is 14.2. The molecule has 2 atom stereocenters. The molecular weight excluding hydrogens is 561 g/mol. The quantitative estimate of drug-likeness (QED) is 0.314. The van der Waals surface area contributed by atoms with E-state index in [1.807, 2.05) is 31.2 Å². The maximum Gasteiger partial charge on any atom is 0.223 e. The van der Waals surface area contributed by atoms with Crippen LogP contribution in [0.5, 0.6) is 5.75 Å². The number of hydrogen-bond acceptors (Lipinski definition) is 5. The standard InChI is InChI=1S/C26H31FO3S.C10H17NO/c1-17(2)31(29)25(28)16-18-13-14-24(30-20-9-3-4-10-20)22(15-18)21-11-6-12-23(27)26(21)19-7-5-8-19;1-2-9(12)8-6-10(11-7-8)4-3-5-10/h6,11-15,17,19-20H,3-5,7-10,16H2,1-2H3;8,11H,2-7H2,1H3. The molecule has 1 saturated heterocycles. The van der Waals surface area contributed by atoms with Crippen LogP contribution in [0.15, 0.2) is 36.4 Å². The number of Topliss-reactive ketones (excluding diaryl/α,β-unsaturated/α-hetero) is 1. The highest BCUT2D eigenvalue weighted by molar-refractivity contribution is 8.00. The Labute approximate surface area is 259 Å². The third kappa shape index (κ3) is 7.47. The topological polar surface area (TPSA) is 72.5 Å². The Morgan fingerprint density at radius 3 is 2.35 bits per heavy atom. The highest BCUT2D eigenvalue weighted by atomic mass is 32.2. The smallest absolute Gasteiger partial charge is 0.223 e. The van der Waals surface area contributed by atoms with Crippen molar-refractivity contribution in [2.75, 3.05) is 6.54 Å². The van der Waals surface area contributed by atoms with Gasteiger partial charge in [0.1, 0.15) is 17.3 Å². The molecular formula is C36H48FNO4S. The van der Waals surface area contributed by atoms with Crippen LogP contribution >= 0.6 is 0 Å². The molecule has 3 saturated carbocycles. The number of ether oxygens (including phenoxy) is 1. The third-order valence-electron chi connectivity index (χ3n) is 9.97. The van der Waals surface area contributed by atoms with Crippen LogP contribution in [0.3, 0.4) is 0 Å². The van der Waals surface area contributed by atoms with Gasteiger partial charge in [0.25, 0.3) is 0 Å². The Bertz CT molecular complexity index is 1330. The molecule has 2 aromatic carbocycles. The summed E-state index contributed by atoms with van der Waals surface area (Å²) in [6.07, 6.45) is 13.6. The lowest BCUT2D eigenvalue weighted by molar-refractivity contribution is -0.122. The van der Waals surface area contributed by atoms with Gasteiger partial charge in [0, 0.05) is 41.7 Å². The molecule has 2 aromatic rings. The van der Waals surface area contributed by atoms with Crippen molar-refractivity contribution in [3.8, 4) is 16.9 Å². The van der Waals surface area contributed by atoms with Gasteiger partial charge < -0.3 is 10.1 Å². The molecule has 4 fully saturated rings. The third-order valence-corrected chi connectivity index (χ3v) is 11.4. The summed E-state index contributed by atoms with van der Waals surface area (Å²) in [7, 11) is -1.51. The molecule has 1 aliphatic heterocycles. The van der Waals surface area contributed by atoms with Crippen molar-refractivity contribution < 1.29 is 22.9 Å². The number of carbonyl (C=O) groups excluding carboxylic acids is 2. The minimum atomic E-state index is -1.51. The summed E-state index contributed by atoms with van der Waals surface area (Å²) >= 11 is 0. The van der Waals surface area contributed by atoms with Crippen LogP contribution in [0.4, 0.5) is 4.39 Å². The fourth-order valence-electron chi connectivity index (χ4n) is 7.03. The number of rotatable bonds is 9. The van der Waals surface area contributed by atoms with Gasteiger partial charge in [-0.15, -0.1) is 0 Å². The highest BCUT2D eigenvalue weighted by Crippen LogP contribution is 2.45. The van der Waals surface area contributed by atoms with E-state index >= 15 is 0 Å². The predicted molar refractivity (Wildman–Crippen MR) is 171 cm³/mol. The Morgan fingerprint density at radius 1 is 1.02 bits per heavy atom. The van der Waals surface area contributed by atoms with E-state index < -0.39 is 10.8 Å². The van der Waals surface area contributed by atoms with Gasteiger partial charge in [-0.25, -0.2) is 4.39 Å². The average molecular weight is 610 g/mol. The number of nitrogens with one attached hydrogen (secondary N) is 1. The SMILES string of the molecule is CC(C)S(=O)C(=O)Cc1ccc(OC2CCCC2)c(-c2cccc(F)c2C2CCC2)c1.CCC(=O)C1CNC2(CCC2)C1. The molecule has 234 valence electrons. The summed E-state index contributed by atoms with van der Waals surface area (Å²) in [4.78, 5) is 23.9. The van der Waals surface area contributed by atoms with Crippen molar-refractivity contribution >= 4 is 21.7 Å². The lowest BCUT2D eigenvalue weighted by Crippen LogP contribution is -2.45. The number of benzene rings is 2. The zero-order chi connectivity index (χ0) is 30.6. The van der Waals surface area contributed by atoms with E-state index in [1.54, 1.807) is 19.9 Å². The van der Waals surface area contributed by atoms with Crippen molar-refractivity contribution in [1.29, 1.82) is 0 Å². The molecule has 7 heteroatoms. The first-order valence-electron chi connectivity index (χ1n) is 16.5. The first-order valence-corrected chi connectivity index (χ1v) is 17.7. The molecule has 1 heterocycles. The molecule has 2 unspecified atom stereocenters. The monoisotopic (exact) mass is 609 g/mol. The summed E-state index contributed by atoms with van der Waals surface area (Å²) < 4.78 is 33.5. The van der Waals surface area contributed by atoms with E-state index in [0.29, 0.717) is 23.7 Å². The molecule has 3 aliphatic carbocycles. The maximum atomic E-state index is 14.9. The van der Waals surface area contributed by atoms with Gasteiger partial charge in [0.05, 0.1) is 16.9 Å². The highest BCUT2D eigenvalue weighted by Gasteiger charge is 2.44. The fraction of sp³-hybridized carbons (Fsp3) is 0.611. The number of hydrogen-bond donors (Lipinski definition) is 1. The molecule has 5 nitrogen and oxygen atoms in total. The Hall–Kier alpha value is -2.38. The first kappa shape index (κ1) is 32.0. The van der Waals surface area contributed by atoms with Crippen molar-refractivity contribution in [2.24, 2.45) is 5.92 Å². The Morgan fingerprint density at radius 2 is 1.77 bits per heavy atom. The summed E-state index contributed by atoms with van der Waals surface area (Å²) in [5, 5.41) is 3.04. The number of carbonyl (C=O) groups is 2. The second-order valence-electron chi connectivity index (χ2n) is 13.3. The lowest BCUT2D eigenvalue weighted by atomic mass is 9.74. The minimum Gasteiger partial charge on any atom is -0.490 e. The summed E-state index contributed by atoms with van der Waals surface area (Å²) in [5.74, 6) is 1.59. The molecule has 0 amide bonds. The molecule has 43 heavy (non-hydrogen) atoms. The van der Waals surface area contributed by atoms with Crippen LogP contribution in [0.25, 0.3) is 11.1 Å². The maximum absolute atomic E-state index is 14.9. The Kier molecular flexibility index (Phi) is 10.5. The second-order valence-corrected chi connectivity index (χ2v) is 15.3. The molecule has 1 spiro atoms. The van der Waals surface area contributed by atoms with Gasteiger partial charge in [-0.05, 0) is 105 Å². The molecule has 1 N–H and O–H groups in total. The summed E-state index contributed by atoms with van der Waals surface area (Å²) in [5.41, 5.74) is 3.65. The van der Waals surface area contributed by atoms with Crippen LogP contribution in [0.2, 0.25) is 0 Å². The Balaban J connectivity index is 0.000000255. The van der Waals surface area contributed by atoms with E-state index in [0.717, 1.165) is 73.1 Å². The van der Waals surface area contributed by atoms with E-state index in [9.17, 15) is 18.2 Å². The van der Waals surface area contributed by atoms with E-state index in [4.69, 9.17) is 4.74 Å². The van der Waals surface area contributed by atoms with Crippen molar-refractivity contribution in [3.63, 3.8) is 0 Å². The van der Waals surface area contributed by atoms with Crippen LogP contribution in [0, 0.1) is 11.7 Å². The van der Waals surface area contributed by atoms with Gasteiger partial charge in [0.2, 0.25) is 5.12 Å². The van der Waals surface area contributed by atoms with Gasteiger partial charge in [-0.1, -0.05) is 45.4 Å². The zero-order valence-corrected chi connectivity index (χ0v) is 26.9.